The highest BCUT2D eigenvalue weighted by Crippen LogP contribution is 2.09. The number of unbranched alkanes of at least 4 members (excludes halogenated alkanes) is 1. The minimum atomic E-state index is -0.362. The molecular formula is C11H19O2. The molecule has 0 N–H and O–H groups in total. The monoisotopic (exact) mass is 183 g/mol. The number of carbonyl (C=O) groups excluding carboxylic acids is 1. The molecule has 0 bridgehead atoms. The number of hydrogen-bond acceptors (Lipinski definition) is 2. The molecule has 0 aromatic rings. The minimum Gasteiger partial charge on any atom is -0.460 e. The summed E-state index contributed by atoms with van der Waals surface area (Å²) >= 11 is 0. The van der Waals surface area contributed by atoms with E-state index in [1.54, 1.807) is 6.08 Å². The standard InChI is InChI=1S/C11H19O2/c1-5-6-7-8-9-10(12)13-11(2,3)4/h5-6H,1,7-9H2,2-4H3. The van der Waals surface area contributed by atoms with Crippen LogP contribution >= 0.6 is 0 Å². The van der Waals surface area contributed by atoms with E-state index >= 15 is 0 Å². The quantitative estimate of drug-likeness (QED) is 0.495. The van der Waals surface area contributed by atoms with Crippen molar-refractivity contribution in [3.8, 4) is 0 Å². The van der Waals surface area contributed by atoms with Gasteiger partial charge in [-0.2, -0.15) is 0 Å². The first-order valence-corrected chi connectivity index (χ1v) is 4.62. The van der Waals surface area contributed by atoms with Gasteiger partial charge in [0, 0.05) is 6.42 Å². The second kappa shape index (κ2) is 5.79. The minimum absolute atomic E-state index is 0.120. The van der Waals surface area contributed by atoms with E-state index in [9.17, 15) is 4.79 Å². The number of esters is 1. The second-order valence-electron chi connectivity index (χ2n) is 3.95. The van der Waals surface area contributed by atoms with Gasteiger partial charge in [0.15, 0.2) is 0 Å². The van der Waals surface area contributed by atoms with E-state index in [0.717, 1.165) is 12.8 Å². The van der Waals surface area contributed by atoms with Crippen molar-refractivity contribution in [2.75, 3.05) is 0 Å². The van der Waals surface area contributed by atoms with Crippen molar-refractivity contribution < 1.29 is 9.53 Å². The van der Waals surface area contributed by atoms with Gasteiger partial charge >= 0.3 is 5.97 Å². The van der Waals surface area contributed by atoms with Gasteiger partial charge < -0.3 is 4.74 Å². The molecule has 0 saturated heterocycles. The Morgan fingerprint density at radius 1 is 1.46 bits per heavy atom. The molecule has 0 spiro atoms. The molecule has 0 atom stereocenters. The van der Waals surface area contributed by atoms with Crippen molar-refractivity contribution >= 4 is 5.97 Å². The van der Waals surface area contributed by atoms with Crippen LogP contribution < -0.4 is 0 Å². The highest BCUT2D eigenvalue weighted by Gasteiger charge is 2.15. The first-order chi connectivity index (χ1) is 5.95. The Morgan fingerprint density at radius 2 is 2.08 bits per heavy atom. The normalized spacial score (nSPS) is 12.0. The lowest BCUT2D eigenvalue weighted by Gasteiger charge is -2.19. The maximum absolute atomic E-state index is 11.2. The maximum atomic E-state index is 11.2. The van der Waals surface area contributed by atoms with Crippen LogP contribution in [0.3, 0.4) is 0 Å². The first-order valence-electron chi connectivity index (χ1n) is 4.62. The second-order valence-corrected chi connectivity index (χ2v) is 3.95. The topological polar surface area (TPSA) is 26.3 Å². The van der Waals surface area contributed by atoms with Crippen LogP contribution in [0.2, 0.25) is 0 Å². The summed E-state index contributed by atoms with van der Waals surface area (Å²) in [6.07, 6.45) is 5.91. The van der Waals surface area contributed by atoms with Crippen molar-refractivity contribution in [2.45, 2.75) is 45.6 Å². The molecule has 0 amide bonds. The van der Waals surface area contributed by atoms with Crippen molar-refractivity contribution in [3.63, 3.8) is 0 Å². The molecule has 0 aliphatic heterocycles. The van der Waals surface area contributed by atoms with Crippen LogP contribution in [0, 0.1) is 6.92 Å². The molecule has 0 aliphatic carbocycles. The van der Waals surface area contributed by atoms with E-state index in [4.69, 9.17) is 4.74 Å². The summed E-state index contributed by atoms with van der Waals surface area (Å²) in [6.45, 7) is 9.19. The third-order valence-corrected chi connectivity index (χ3v) is 1.34. The van der Waals surface area contributed by atoms with Crippen LogP contribution in [-0.4, -0.2) is 11.6 Å². The molecule has 0 saturated carbocycles. The molecule has 0 rings (SSSR count). The fourth-order valence-electron chi connectivity index (χ4n) is 0.875. The van der Waals surface area contributed by atoms with E-state index in [1.807, 2.05) is 26.8 Å². The smallest absolute Gasteiger partial charge is 0.306 e. The van der Waals surface area contributed by atoms with Gasteiger partial charge in [-0.05, 0) is 40.5 Å². The van der Waals surface area contributed by atoms with E-state index in [1.165, 1.54) is 0 Å². The Hall–Kier alpha value is -0.790. The summed E-state index contributed by atoms with van der Waals surface area (Å²) < 4.78 is 5.14. The summed E-state index contributed by atoms with van der Waals surface area (Å²) in [7, 11) is 0. The van der Waals surface area contributed by atoms with Crippen molar-refractivity contribution in [1.82, 2.24) is 0 Å². The molecule has 13 heavy (non-hydrogen) atoms. The highest BCUT2D eigenvalue weighted by atomic mass is 16.6. The van der Waals surface area contributed by atoms with Crippen LogP contribution in [0.1, 0.15) is 40.0 Å². The lowest BCUT2D eigenvalue weighted by atomic mass is 10.2. The zero-order chi connectivity index (χ0) is 10.3. The van der Waals surface area contributed by atoms with E-state index in [2.05, 4.69) is 6.92 Å². The van der Waals surface area contributed by atoms with Crippen molar-refractivity contribution in [1.29, 1.82) is 0 Å². The molecule has 2 heteroatoms. The predicted molar refractivity (Wildman–Crippen MR) is 54.2 cm³/mol. The van der Waals surface area contributed by atoms with Gasteiger partial charge in [0.1, 0.15) is 5.60 Å². The van der Waals surface area contributed by atoms with Crippen LogP contribution in [0.4, 0.5) is 0 Å². The summed E-state index contributed by atoms with van der Waals surface area (Å²) in [6, 6.07) is 0. The molecule has 0 aromatic heterocycles. The van der Waals surface area contributed by atoms with Crippen molar-refractivity contribution in [3.05, 3.63) is 19.1 Å². The maximum Gasteiger partial charge on any atom is 0.306 e. The van der Waals surface area contributed by atoms with Crippen LogP contribution in [0.5, 0.6) is 0 Å². The summed E-state index contributed by atoms with van der Waals surface area (Å²) in [5.41, 5.74) is -0.362. The molecule has 0 aromatic carbocycles. The third-order valence-electron chi connectivity index (χ3n) is 1.34. The average Bonchev–Trinajstić information content (AvgIpc) is 1.94. The lowest BCUT2D eigenvalue weighted by Crippen LogP contribution is -2.23. The van der Waals surface area contributed by atoms with E-state index in [0.29, 0.717) is 6.42 Å². The largest absolute Gasteiger partial charge is 0.460 e. The SMILES string of the molecule is [CH2]C=CCCCC(=O)OC(C)(C)C. The van der Waals surface area contributed by atoms with Gasteiger partial charge in [-0.15, -0.1) is 0 Å². The van der Waals surface area contributed by atoms with Crippen LogP contribution in [0.15, 0.2) is 12.2 Å². The van der Waals surface area contributed by atoms with Gasteiger partial charge in [-0.25, -0.2) is 0 Å². The van der Waals surface area contributed by atoms with Crippen LogP contribution in [0.25, 0.3) is 0 Å². The zero-order valence-electron chi connectivity index (χ0n) is 8.80. The number of rotatable bonds is 4. The molecule has 0 fully saturated rings. The Bertz CT molecular complexity index is 175. The van der Waals surface area contributed by atoms with E-state index in [-0.39, 0.29) is 11.6 Å². The molecule has 2 nitrogen and oxygen atoms in total. The summed E-state index contributed by atoms with van der Waals surface area (Å²) in [4.78, 5) is 11.2. The number of hydrogen-bond donors (Lipinski definition) is 0. The Kier molecular flexibility index (Phi) is 5.44. The van der Waals surface area contributed by atoms with Gasteiger partial charge in [0.2, 0.25) is 0 Å². The summed E-state index contributed by atoms with van der Waals surface area (Å²) in [5.74, 6) is -0.120. The van der Waals surface area contributed by atoms with Crippen LogP contribution in [-0.2, 0) is 9.53 Å². The fourth-order valence-corrected chi connectivity index (χ4v) is 0.875. The lowest BCUT2D eigenvalue weighted by molar-refractivity contribution is -0.154. The molecule has 75 valence electrons. The molecule has 1 radical (unpaired) electrons. The zero-order valence-corrected chi connectivity index (χ0v) is 8.80. The van der Waals surface area contributed by atoms with Gasteiger partial charge in [0.25, 0.3) is 0 Å². The van der Waals surface area contributed by atoms with Gasteiger partial charge in [0.05, 0.1) is 0 Å². The Balaban J connectivity index is 3.52. The number of carbonyl (C=O) groups is 1. The number of allylic oxidation sites excluding steroid dienone is 2. The third kappa shape index (κ3) is 9.12. The first kappa shape index (κ1) is 12.2. The van der Waals surface area contributed by atoms with Crippen molar-refractivity contribution in [2.24, 2.45) is 0 Å². The fraction of sp³-hybridized carbons (Fsp3) is 0.636. The van der Waals surface area contributed by atoms with E-state index < -0.39 is 0 Å². The van der Waals surface area contributed by atoms with Gasteiger partial charge in [-0.1, -0.05) is 12.2 Å². The summed E-state index contributed by atoms with van der Waals surface area (Å²) in [5, 5.41) is 0. The molecule has 0 aliphatic rings. The Morgan fingerprint density at radius 3 is 2.54 bits per heavy atom. The predicted octanol–water partition coefficient (Wildman–Crippen LogP) is 2.89. The number of ether oxygens (including phenoxy) is 1. The molecule has 0 unspecified atom stereocenters. The molecular weight excluding hydrogens is 164 g/mol. The van der Waals surface area contributed by atoms with Gasteiger partial charge in [-0.3, -0.25) is 4.79 Å². The molecule has 0 heterocycles. The average molecular weight is 183 g/mol. The highest BCUT2D eigenvalue weighted by molar-refractivity contribution is 5.69. The Labute approximate surface area is 81.0 Å².